The van der Waals surface area contributed by atoms with Crippen molar-refractivity contribution in [3.63, 3.8) is 0 Å². The van der Waals surface area contributed by atoms with E-state index in [2.05, 4.69) is 5.32 Å². The van der Waals surface area contributed by atoms with Crippen molar-refractivity contribution in [1.82, 2.24) is 5.32 Å². The second-order valence-electron chi connectivity index (χ2n) is 5.74. The van der Waals surface area contributed by atoms with Gasteiger partial charge in [-0.15, -0.1) is 0 Å². The Bertz CT molecular complexity index is 553. The van der Waals surface area contributed by atoms with E-state index in [4.69, 9.17) is 9.47 Å². The van der Waals surface area contributed by atoms with Crippen LogP contribution in [-0.4, -0.2) is 35.9 Å². The van der Waals surface area contributed by atoms with Gasteiger partial charge in [0.2, 0.25) is 0 Å². The molecule has 1 atom stereocenters. The lowest BCUT2D eigenvalue weighted by Crippen LogP contribution is -2.44. The Labute approximate surface area is 128 Å². The van der Waals surface area contributed by atoms with Crippen molar-refractivity contribution >= 4 is 12.1 Å². The van der Waals surface area contributed by atoms with Crippen molar-refractivity contribution in [2.75, 3.05) is 7.11 Å². The maximum atomic E-state index is 13.4. The first-order valence-corrected chi connectivity index (χ1v) is 6.66. The molecule has 0 bridgehead atoms. The Morgan fingerprint density at radius 1 is 1.32 bits per heavy atom. The van der Waals surface area contributed by atoms with Gasteiger partial charge in [-0.3, -0.25) is 0 Å². The summed E-state index contributed by atoms with van der Waals surface area (Å²) in [7, 11) is 1.38. The zero-order valence-electron chi connectivity index (χ0n) is 13.0. The second kappa shape index (κ2) is 7.11. The third-order valence-electron chi connectivity index (χ3n) is 2.60. The van der Waals surface area contributed by atoms with E-state index in [0.29, 0.717) is 5.56 Å². The van der Waals surface area contributed by atoms with Crippen molar-refractivity contribution in [3.05, 3.63) is 29.6 Å². The first-order valence-electron chi connectivity index (χ1n) is 6.66. The van der Waals surface area contributed by atoms with Gasteiger partial charge in [-0.2, -0.15) is 0 Å². The van der Waals surface area contributed by atoms with Gasteiger partial charge in [-0.1, -0.05) is 0 Å². The van der Waals surface area contributed by atoms with Gasteiger partial charge in [0.25, 0.3) is 0 Å². The predicted octanol–water partition coefficient (Wildman–Crippen LogP) is 2.35. The molecule has 0 aliphatic rings. The Kier molecular flexibility index (Phi) is 5.73. The first-order chi connectivity index (χ1) is 10.1. The van der Waals surface area contributed by atoms with Crippen LogP contribution in [0.2, 0.25) is 0 Å². The fraction of sp³-hybridized carbons (Fsp3) is 0.467. The molecule has 7 heteroatoms. The molecule has 22 heavy (non-hydrogen) atoms. The number of carbonyl (C=O) groups excluding carboxylic acids is 1. The number of carboxylic acid groups (broad SMARTS) is 1. The number of carboxylic acids is 1. The van der Waals surface area contributed by atoms with E-state index in [9.17, 15) is 19.1 Å². The third-order valence-corrected chi connectivity index (χ3v) is 2.60. The van der Waals surface area contributed by atoms with E-state index in [0.717, 1.165) is 0 Å². The highest BCUT2D eigenvalue weighted by molar-refractivity contribution is 5.80. The van der Waals surface area contributed by atoms with Gasteiger partial charge in [0.05, 0.1) is 7.11 Å². The number of hydrogen-bond acceptors (Lipinski definition) is 4. The first kappa shape index (κ1) is 17.7. The number of nitrogens with one attached hydrogen (secondary N) is 1. The maximum absolute atomic E-state index is 13.4. The number of aliphatic carboxylic acids is 1. The van der Waals surface area contributed by atoms with Crippen LogP contribution in [-0.2, 0) is 16.0 Å². The lowest BCUT2D eigenvalue weighted by atomic mass is 10.1. The fourth-order valence-corrected chi connectivity index (χ4v) is 1.74. The topological polar surface area (TPSA) is 84.9 Å². The van der Waals surface area contributed by atoms with Gasteiger partial charge in [-0.05, 0) is 38.5 Å². The van der Waals surface area contributed by atoms with Gasteiger partial charge in [0.1, 0.15) is 23.2 Å². The van der Waals surface area contributed by atoms with Gasteiger partial charge in [0, 0.05) is 12.5 Å². The number of hydrogen-bond donors (Lipinski definition) is 2. The molecule has 0 heterocycles. The molecular weight excluding hydrogens is 293 g/mol. The van der Waals surface area contributed by atoms with E-state index >= 15 is 0 Å². The lowest BCUT2D eigenvalue weighted by molar-refractivity contribution is -0.139. The molecule has 6 nitrogen and oxygen atoms in total. The summed E-state index contributed by atoms with van der Waals surface area (Å²) in [5, 5.41) is 11.4. The van der Waals surface area contributed by atoms with Crippen LogP contribution in [0, 0.1) is 5.82 Å². The molecule has 1 aromatic carbocycles. The summed E-state index contributed by atoms with van der Waals surface area (Å²) in [6, 6.07) is 2.65. The zero-order chi connectivity index (χ0) is 16.9. The van der Waals surface area contributed by atoms with Gasteiger partial charge in [-0.25, -0.2) is 14.0 Å². The molecule has 0 aliphatic carbocycles. The number of methoxy groups -OCH3 is 1. The van der Waals surface area contributed by atoms with E-state index in [1.54, 1.807) is 20.8 Å². The molecule has 2 N–H and O–H groups in total. The molecule has 0 fully saturated rings. The maximum Gasteiger partial charge on any atom is 0.408 e. The second-order valence-corrected chi connectivity index (χ2v) is 5.74. The Morgan fingerprint density at radius 2 is 1.95 bits per heavy atom. The average molecular weight is 313 g/mol. The summed E-state index contributed by atoms with van der Waals surface area (Å²) in [6.07, 6.45) is -0.939. The molecule has 0 unspecified atom stereocenters. The Balaban J connectivity index is 2.83. The minimum absolute atomic E-state index is 0.0945. The van der Waals surface area contributed by atoms with Crippen LogP contribution in [0.5, 0.6) is 5.75 Å². The Hall–Kier alpha value is -2.31. The number of benzene rings is 1. The van der Waals surface area contributed by atoms with Crippen LogP contribution >= 0.6 is 0 Å². The number of halogens is 1. The number of amides is 1. The van der Waals surface area contributed by atoms with E-state index in [-0.39, 0.29) is 12.2 Å². The summed E-state index contributed by atoms with van der Waals surface area (Å²) >= 11 is 0. The molecule has 1 amide bonds. The highest BCUT2D eigenvalue weighted by Crippen LogP contribution is 2.17. The number of rotatable bonds is 5. The van der Waals surface area contributed by atoms with Crippen LogP contribution in [0.1, 0.15) is 26.3 Å². The smallest absolute Gasteiger partial charge is 0.408 e. The minimum atomic E-state index is -1.24. The van der Waals surface area contributed by atoms with Gasteiger partial charge < -0.3 is 19.9 Å². The summed E-state index contributed by atoms with van der Waals surface area (Å²) < 4.78 is 23.3. The van der Waals surface area contributed by atoms with E-state index in [1.165, 1.54) is 25.3 Å². The highest BCUT2D eigenvalue weighted by Gasteiger charge is 2.24. The normalized spacial score (nSPS) is 12.4. The van der Waals surface area contributed by atoms with Crippen molar-refractivity contribution in [3.8, 4) is 5.75 Å². The largest absolute Gasteiger partial charge is 0.497 e. The highest BCUT2D eigenvalue weighted by atomic mass is 19.1. The summed E-state index contributed by atoms with van der Waals surface area (Å²) in [6.45, 7) is 5.00. The van der Waals surface area contributed by atoms with Crippen molar-refractivity contribution in [2.24, 2.45) is 0 Å². The van der Waals surface area contributed by atoms with E-state index in [1.807, 2.05) is 0 Å². The molecule has 0 aliphatic heterocycles. The predicted molar refractivity (Wildman–Crippen MR) is 77.4 cm³/mol. The van der Waals surface area contributed by atoms with Crippen LogP contribution in [0.25, 0.3) is 0 Å². The summed E-state index contributed by atoms with van der Waals surface area (Å²) in [5.74, 6) is -1.51. The van der Waals surface area contributed by atoms with Crippen molar-refractivity contribution < 1.29 is 28.6 Å². The molecule has 0 aromatic heterocycles. The number of alkyl carbamates (subject to hydrolysis) is 1. The summed E-state index contributed by atoms with van der Waals surface area (Å²) in [5.41, 5.74) is -0.352. The molecule has 0 saturated carbocycles. The number of ether oxygens (including phenoxy) is 2. The van der Waals surface area contributed by atoms with Crippen molar-refractivity contribution in [2.45, 2.75) is 38.8 Å². The molecule has 1 aromatic rings. The Morgan fingerprint density at radius 3 is 2.45 bits per heavy atom. The fourth-order valence-electron chi connectivity index (χ4n) is 1.74. The third kappa shape index (κ3) is 5.99. The molecule has 122 valence electrons. The standard InChI is InChI=1S/C15H20FNO5/c1-15(2,3)22-14(20)17-12(13(18)19)7-9-5-10(16)8-11(6-9)21-4/h5-6,8,12H,7H2,1-4H3,(H,17,20)(H,18,19)/t12-/m1/s1. The van der Waals surface area contributed by atoms with Crippen molar-refractivity contribution in [1.29, 1.82) is 0 Å². The molecule has 0 spiro atoms. The molecule has 0 saturated heterocycles. The SMILES string of the molecule is COc1cc(F)cc(C[C@@H](NC(=O)OC(C)(C)C)C(=O)O)c1. The monoisotopic (exact) mass is 313 g/mol. The average Bonchev–Trinajstić information content (AvgIpc) is 2.34. The lowest BCUT2D eigenvalue weighted by Gasteiger charge is -2.22. The molecule has 1 rings (SSSR count). The minimum Gasteiger partial charge on any atom is -0.497 e. The summed E-state index contributed by atoms with van der Waals surface area (Å²) in [4.78, 5) is 22.9. The van der Waals surface area contributed by atoms with E-state index < -0.39 is 29.5 Å². The zero-order valence-corrected chi connectivity index (χ0v) is 13.0. The van der Waals surface area contributed by atoms with Crippen LogP contribution in [0.15, 0.2) is 18.2 Å². The van der Waals surface area contributed by atoms with Crippen LogP contribution in [0.4, 0.5) is 9.18 Å². The van der Waals surface area contributed by atoms with Gasteiger partial charge >= 0.3 is 12.1 Å². The van der Waals surface area contributed by atoms with Crippen LogP contribution < -0.4 is 10.1 Å². The quantitative estimate of drug-likeness (QED) is 0.871. The van der Waals surface area contributed by atoms with Gasteiger partial charge in [0.15, 0.2) is 0 Å². The molecular formula is C15H20FNO5. The molecule has 0 radical (unpaired) electrons. The van der Waals surface area contributed by atoms with Crippen LogP contribution in [0.3, 0.4) is 0 Å². The number of carbonyl (C=O) groups is 2.